The SMILES string of the molecule is CNC(=O)CCCC1CCN(C(=O)[C@H](Cc2cccc(C(=N)N)c2)NS(=O)c2cccc(C3CCC(N)=NC3)c2)CC1. The van der Waals surface area contributed by atoms with E-state index in [-0.39, 0.29) is 23.6 Å². The van der Waals surface area contributed by atoms with E-state index in [1.54, 1.807) is 13.1 Å². The molecule has 2 amide bonds. The number of nitrogens with one attached hydrogen (secondary N) is 3. The third-order valence-corrected chi connectivity index (χ3v) is 9.43. The quantitative estimate of drug-likeness (QED) is 0.188. The van der Waals surface area contributed by atoms with Crippen LogP contribution in [0.2, 0.25) is 0 Å². The van der Waals surface area contributed by atoms with Crippen molar-refractivity contribution in [1.82, 2.24) is 14.9 Å². The van der Waals surface area contributed by atoms with Crippen LogP contribution >= 0.6 is 0 Å². The van der Waals surface area contributed by atoms with E-state index in [4.69, 9.17) is 16.9 Å². The third-order valence-electron chi connectivity index (χ3n) is 8.25. The van der Waals surface area contributed by atoms with E-state index in [1.165, 1.54) is 0 Å². The largest absolute Gasteiger partial charge is 0.387 e. The van der Waals surface area contributed by atoms with Crippen molar-refractivity contribution in [2.45, 2.75) is 68.2 Å². The lowest BCUT2D eigenvalue weighted by Crippen LogP contribution is -2.50. The molecule has 7 N–H and O–H groups in total. The van der Waals surface area contributed by atoms with Crippen molar-refractivity contribution in [2.24, 2.45) is 22.4 Å². The van der Waals surface area contributed by atoms with Crippen molar-refractivity contribution in [1.29, 1.82) is 5.41 Å². The lowest BCUT2D eigenvalue weighted by atomic mass is 9.91. The molecule has 4 rings (SSSR count). The Morgan fingerprint density at radius 3 is 2.60 bits per heavy atom. The average molecular weight is 594 g/mol. The number of likely N-dealkylation sites (tertiary alicyclic amines) is 1. The van der Waals surface area contributed by atoms with Gasteiger partial charge in [-0.1, -0.05) is 30.3 Å². The van der Waals surface area contributed by atoms with Gasteiger partial charge in [-0.2, -0.15) is 0 Å². The number of amides is 2. The molecule has 42 heavy (non-hydrogen) atoms. The zero-order chi connectivity index (χ0) is 30.1. The van der Waals surface area contributed by atoms with Crippen LogP contribution in [0.4, 0.5) is 0 Å². The number of hydrogen-bond acceptors (Lipinski definition) is 6. The van der Waals surface area contributed by atoms with Crippen LogP contribution in [0, 0.1) is 11.3 Å². The summed E-state index contributed by atoms with van der Waals surface area (Å²) in [5.74, 6) is 1.30. The van der Waals surface area contributed by atoms with E-state index >= 15 is 0 Å². The number of nitrogens with two attached hydrogens (primary N) is 2. The molecule has 2 aliphatic heterocycles. The minimum Gasteiger partial charge on any atom is -0.387 e. The maximum Gasteiger partial charge on any atom is 0.241 e. The average Bonchev–Trinajstić information content (AvgIpc) is 3.01. The van der Waals surface area contributed by atoms with E-state index in [0.29, 0.717) is 54.7 Å². The Hall–Kier alpha value is -3.57. The zero-order valence-corrected chi connectivity index (χ0v) is 25.1. The van der Waals surface area contributed by atoms with Crippen molar-refractivity contribution in [3.63, 3.8) is 0 Å². The number of carbonyl (C=O) groups is 2. The van der Waals surface area contributed by atoms with E-state index < -0.39 is 17.0 Å². The molecule has 2 aromatic rings. The van der Waals surface area contributed by atoms with E-state index in [1.807, 2.05) is 47.4 Å². The summed E-state index contributed by atoms with van der Waals surface area (Å²) in [7, 11) is 0.0246. The topological polar surface area (TPSA) is 167 Å². The van der Waals surface area contributed by atoms with Gasteiger partial charge in [0, 0.05) is 51.0 Å². The van der Waals surface area contributed by atoms with Crippen LogP contribution in [0.3, 0.4) is 0 Å². The molecule has 2 unspecified atom stereocenters. The molecule has 0 aromatic heterocycles. The van der Waals surface area contributed by atoms with Gasteiger partial charge in [-0.05, 0) is 73.8 Å². The zero-order valence-electron chi connectivity index (χ0n) is 24.3. The predicted molar refractivity (Wildman–Crippen MR) is 167 cm³/mol. The van der Waals surface area contributed by atoms with E-state index in [2.05, 4.69) is 15.0 Å². The van der Waals surface area contributed by atoms with E-state index in [0.717, 1.165) is 49.7 Å². The Balaban J connectivity index is 1.46. The molecule has 10 nitrogen and oxygen atoms in total. The van der Waals surface area contributed by atoms with Gasteiger partial charge in [0.15, 0.2) is 0 Å². The minimum atomic E-state index is -1.63. The highest BCUT2D eigenvalue weighted by Gasteiger charge is 2.30. The highest BCUT2D eigenvalue weighted by Crippen LogP contribution is 2.27. The number of nitrogen functional groups attached to an aromatic ring is 1. The summed E-state index contributed by atoms with van der Waals surface area (Å²) in [6.45, 7) is 1.87. The fourth-order valence-electron chi connectivity index (χ4n) is 5.69. The first kappa shape index (κ1) is 31.4. The molecule has 2 aromatic carbocycles. The van der Waals surface area contributed by atoms with Gasteiger partial charge in [-0.25, -0.2) is 8.93 Å². The molecule has 0 bridgehead atoms. The second-order valence-corrected chi connectivity index (χ2v) is 12.5. The van der Waals surface area contributed by atoms with Crippen LogP contribution in [0.1, 0.15) is 67.6 Å². The van der Waals surface area contributed by atoms with Gasteiger partial charge in [0.2, 0.25) is 11.8 Å². The molecule has 11 heteroatoms. The Bertz CT molecular complexity index is 1320. The smallest absolute Gasteiger partial charge is 0.241 e. The van der Waals surface area contributed by atoms with Gasteiger partial charge < -0.3 is 21.7 Å². The molecule has 1 saturated heterocycles. The third kappa shape index (κ3) is 8.72. The number of benzene rings is 2. The van der Waals surface area contributed by atoms with Crippen molar-refractivity contribution >= 4 is 34.5 Å². The monoisotopic (exact) mass is 593 g/mol. The molecule has 2 heterocycles. The van der Waals surface area contributed by atoms with Crippen LogP contribution in [0.15, 0.2) is 58.4 Å². The summed E-state index contributed by atoms with van der Waals surface area (Å²) >= 11 is 0. The number of piperidine rings is 1. The number of nitrogens with zero attached hydrogens (tertiary/aromatic N) is 2. The molecular weight excluding hydrogens is 550 g/mol. The summed E-state index contributed by atoms with van der Waals surface area (Å²) in [4.78, 5) is 32.3. The summed E-state index contributed by atoms with van der Waals surface area (Å²) in [6, 6.07) is 14.2. The molecule has 3 atom stereocenters. The summed E-state index contributed by atoms with van der Waals surface area (Å²) < 4.78 is 16.8. The van der Waals surface area contributed by atoms with Crippen molar-refractivity contribution in [3.8, 4) is 0 Å². The molecule has 0 aliphatic carbocycles. The van der Waals surface area contributed by atoms with Crippen LogP contribution in [-0.4, -0.2) is 65.3 Å². The van der Waals surface area contributed by atoms with E-state index in [9.17, 15) is 13.8 Å². The van der Waals surface area contributed by atoms with Crippen LogP contribution in [0.5, 0.6) is 0 Å². The summed E-state index contributed by atoms with van der Waals surface area (Å²) in [6.07, 6.45) is 6.05. The standard InChI is InChI=1S/C31H43N7O3S/c1-35-29(39)10-3-5-21-13-15-38(16-14-21)31(40)27(18-22-6-2-8-24(17-22)30(33)34)37-42(41)26-9-4-7-23(19-26)25-11-12-28(32)36-20-25/h2,4,6-9,17,19,21,25,27,37H,3,5,10-16,18,20H2,1H3,(H2,32,36)(H3,33,34)(H,35,39)/t25?,27-,42?/m0/s1. The first-order valence-electron chi connectivity index (χ1n) is 14.7. The lowest BCUT2D eigenvalue weighted by Gasteiger charge is -2.34. The molecule has 0 spiro atoms. The number of carbonyl (C=O) groups excluding carboxylic acids is 2. The Morgan fingerprint density at radius 2 is 1.90 bits per heavy atom. The normalized spacial score (nSPS) is 19.0. The van der Waals surface area contributed by atoms with Crippen LogP contribution < -0.4 is 21.5 Å². The number of aliphatic imine (C=N–C) groups is 1. The summed E-state index contributed by atoms with van der Waals surface area (Å²) in [5, 5.41) is 10.5. The van der Waals surface area contributed by atoms with Crippen LogP contribution in [-0.2, 0) is 27.0 Å². The maximum atomic E-state index is 13.9. The highest BCUT2D eigenvalue weighted by atomic mass is 32.2. The minimum absolute atomic E-state index is 0.0413. The van der Waals surface area contributed by atoms with Gasteiger partial charge in [0.1, 0.15) is 22.9 Å². The maximum absolute atomic E-state index is 13.9. The lowest BCUT2D eigenvalue weighted by molar-refractivity contribution is -0.134. The fourth-order valence-corrected chi connectivity index (χ4v) is 6.72. The first-order chi connectivity index (χ1) is 20.2. The second-order valence-electron chi connectivity index (χ2n) is 11.2. The van der Waals surface area contributed by atoms with Gasteiger partial charge in [0.05, 0.1) is 10.7 Å². The van der Waals surface area contributed by atoms with Crippen molar-refractivity contribution in [2.75, 3.05) is 26.7 Å². The van der Waals surface area contributed by atoms with Crippen molar-refractivity contribution < 1.29 is 13.8 Å². The number of rotatable bonds is 12. The molecule has 1 fully saturated rings. The highest BCUT2D eigenvalue weighted by molar-refractivity contribution is 7.83. The Kier molecular flexibility index (Phi) is 11.2. The molecule has 0 radical (unpaired) electrons. The second kappa shape index (κ2) is 15.1. The number of amidine groups is 2. The number of hydrogen-bond donors (Lipinski definition) is 5. The van der Waals surface area contributed by atoms with Gasteiger partial charge in [0.25, 0.3) is 0 Å². The van der Waals surface area contributed by atoms with Crippen molar-refractivity contribution in [3.05, 3.63) is 65.2 Å². The first-order valence-corrected chi connectivity index (χ1v) is 15.9. The Labute approximate surface area is 250 Å². The Morgan fingerprint density at radius 1 is 1.14 bits per heavy atom. The molecule has 0 saturated carbocycles. The molecular formula is C31H43N7O3S. The van der Waals surface area contributed by atoms with Gasteiger partial charge in [-0.15, -0.1) is 0 Å². The molecule has 226 valence electrons. The van der Waals surface area contributed by atoms with Crippen LogP contribution in [0.25, 0.3) is 0 Å². The van der Waals surface area contributed by atoms with Gasteiger partial charge >= 0.3 is 0 Å². The predicted octanol–water partition coefficient (Wildman–Crippen LogP) is 2.58. The molecule has 2 aliphatic rings. The van der Waals surface area contributed by atoms with Gasteiger partial charge in [-0.3, -0.25) is 20.0 Å². The fraction of sp³-hybridized carbons (Fsp3) is 0.484. The summed E-state index contributed by atoms with van der Waals surface area (Å²) in [5.41, 5.74) is 14.0.